The molecular formula is C18H28N2S. The first kappa shape index (κ1) is 15.2. The molecule has 1 saturated carbocycles. The largest absolute Gasteiger partial charge is 0.385 e. The first-order valence-electron chi connectivity index (χ1n) is 8.49. The van der Waals surface area contributed by atoms with Gasteiger partial charge < -0.3 is 10.2 Å². The van der Waals surface area contributed by atoms with Crippen LogP contribution in [0.3, 0.4) is 0 Å². The summed E-state index contributed by atoms with van der Waals surface area (Å²) in [6.45, 7) is 3.63. The Hall–Kier alpha value is -0.670. The summed E-state index contributed by atoms with van der Waals surface area (Å²) in [5.41, 5.74) is 1.28. The molecule has 2 aliphatic rings. The van der Waals surface area contributed by atoms with Gasteiger partial charge in [-0.05, 0) is 76.0 Å². The molecule has 1 aliphatic carbocycles. The molecule has 1 aromatic carbocycles. The predicted octanol–water partition coefficient (Wildman–Crippen LogP) is 4.48. The molecule has 1 aliphatic heterocycles. The summed E-state index contributed by atoms with van der Waals surface area (Å²) in [5.74, 6) is 0.841. The number of piperidine rings is 1. The normalized spacial score (nSPS) is 21.8. The maximum atomic E-state index is 3.62. The number of rotatable bonds is 5. The molecule has 0 aromatic heterocycles. The molecule has 1 heterocycles. The molecule has 0 amide bonds. The summed E-state index contributed by atoms with van der Waals surface area (Å²) in [6.07, 6.45) is 8.32. The van der Waals surface area contributed by atoms with Crippen molar-refractivity contribution >= 4 is 17.4 Å². The van der Waals surface area contributed by atoms with Crippen LogP contribution in [0.4, 0.5) is 5.69 Å². The van der Waals surface area contributed by atoms with Crippen LogP contribution in [0.5, 0.6) is 0 Å². The topological polar surface area (TPSA) is 15.3 Å². The summed E-state index contributed by atoms with van der Waals surface area (Å²) >= 11 is 2.07. The third-order valence-electron chi connectivity index (χ3n) is 4.89. The van der Waals surface area contributed by atoms with E-state index in [1.54, 1.807) is 0 Å². The maximum absolute atomic E-state index is 3.62. The van der Waals surface area contributed by atoms with Gasteiger partial charge in [0.25, 0.3) is 0 Å². The van der Waals surface area contributed by atoms with Crippen LogP contribution in [-0.4, -0.2) is 36.8 Å². The Balaban J connectivity index is 1.43. The van der Waals surface area contributed by atoms with Crippen molar-refractivity contribution in [2.45, 2.75) is 48.7 Å². The van der Waals surface area contributed by atoms with Gasteiger partial charge in [0.15, 0.2) is 0 Å². The standard InChI is InChI=1S/C18H28N2S/c1-20-12-10-15(11-13-20)14-19-16-6-8-18(9-7-16)21-17-4-2-3-5-17/h6-9,15,17,19H,2-5,10-14H2,1H3. The minimum Gasteiger partial charge on any atom is -0.385 e. The Labute approximate surface area is 133 Å². The second kappa shape index (κ2) is 7.55. The van der Waals surface area contributed by atoms with E-state index in [0.29, 0.717) is 0 Å². The molecule has 0 atom stereocenters. The Morgan fingerprint density at radius 3 is 2.38 bits per heavy atom. The fraction of sp³-hybridized carbons (Fsp3) is 0.667. The number of hydrogen-bond acceptors (Lipinski definition) is 3. The highest BCUT2D eigenvalue weighted by atomic mass is 32.2. The van der Waals surface area contributed by atoms with Crippen LogP contribution in [0.15, 0.2) is 29.2 Å². The molecule has 2 nitrogen and oxygen atoms in total. The van der Waals surface area contributed by atoms with Crippen LogP contribution in [0, 0.1) is 5.92 Å². The Morgan fingerprint density at radius 1 is 1.05 bits per heavy atom. The van der Waals surface area contributed by atoms with Crippen LogP contribution in [-0.2, 0) is 0 Å². The third-order valence-corrected chi connectivity index (χ3v) is 6.24. The van der Waals surface area contributed by atoms with E-state index in [0.717, 1.165) is 17.7 Å². The van der Waals surface area contributed by atoms with E-state index in [9.17, 15) is 0 Å². The fourth-order valence-corrected chi connectivity index (χ4v) is 4.63. The Kier molecular flexibility index (Phi) is 5.48. The van der Waals surface area contributed by atoms with Crippen LogP contribution in [0.1, 0.15) is 38.5 Å². The van der Waals surface area contributed by atoms with Gasteiger partial charge in [0, 0.05) is 22.4 Å². The van der Waals surface area contributed by atoms with E-state index in [1.165, 1.54) is 62.2 Å². The molecule has 0 spiro atoms. The second-order valence-electron chi connectivity index (χ2n) is 6.68. The molecule has 0 bridgehead atoms. The summed E-state index contributed by atoms with van der Waals surface area (Å²) < 4.78 is 0. The predicted molar refractivity (Wildman–Crippen MR) is 93.3 cm³/mol. The average molecular weight is 305 g/mol. The summed E-state index contributed by atoms with van der Waals surface area (Å²) in [4.78, 5) is 3.87. The molecule has 2 fully saturated rings. The summed E-state index contributed by atoms with van der Waals surface area (Å²) in [5, 5.41) is 4.49. The molecule has 1 N–H and O–H groups in total. The van der Waals surface area contributed by atoms with Crippen molar-refractivity contribution in [1.29, 1.82) is 0 Å². The Bertz CT molecular complexity index is 417. The molecule has 1 saturated heterocycles. The van der Waals surface area contributed by atoms with Crippen molar-refractivity contribution in [3.63, 3.8) is 0 Å². The van der Waals surface area contributed by atoms with Gasteiger partial charge in [-0.25, -0.2) is 0 Å². The van der Waals surface area contributed by atoms with Crippen molar-refractivity contribution in [2.24, 2.45) is 5.92 Å². The van der Waals surface area contributed by atoms with E-state index in [-0.39, 0.29) is 0 Å². The number of nitrogens with zero attached hydrogens (tertiary/aromatic N) is 1. The Morgan fingerprint density at radius 2 is 1.71 bits per heavy atom. The van der Waals surface area contributed by atoms with Crippen LogP contribution in [0.2, 0.25) is 0 Å². The highest BCUT2D eigenvalue weighted by Gasteiger charge is 2.17. The first-order valence-corrected chi connectivity index (χ1v) is 9.37. The quantitative estimate of drug-likeness (QED) is 0.863. The lowest BCUT2D eigenvalue weighted by Crippen LogP contribution is -2.32. The highest BCUT2D eigenvalue weighted by molar-refractivity contribution is 8.00. The van der Waals surface area contributed by atoms with Gasteiger partial charge in [0.05, 0.1) is 0 Å². The molecule has 116 valence electrons. The van der Waals surface area contributed by atoms with E-state index in [2.05, 4.69) is 53.3 Å². The van der Waals surface area contributed by atoms with Gasteiger partial charge >= 0.3 is 0 Å². The van der Waals surface area contributed by atoms with E-state index in [1.807, 2.05) is 0 Å². The first-order chi connectivity index (χ1) is 10.3. The van der Waals surface area contributed by atoms with Crippen molar-refractivity contribution in [2.75, 3.05) is 32.0 Å². The number of benzene rings is 1. The van der Waals surface area contributed by atoms with Gasteiger partial charge in [0.2, 0.25) is 0 Å². The third kappa shape index (κ3) is 4.65. The molecular weight excluding hydrogens is 276 g/mol. The van der Waals surface area contributed by atoms with E-state index < -0.39 is 0 Å². The van der Waals surface area contributed by atoms with E-state index >= 15 is 0 Å². The summed E-state index contributed by atoms with van der Waals surface area (Å²) in [7, 11) is 2.23. The number of hydrogen-bond donors (Lipinski definition) is 1. The molecule has 3 heteroatoms. The zero-order chi connectivity index (χ0) is 14.5. The maximum Gasteiger partial charge on any atom is 0.0341 e. The zero-order valence-corrected chi connectivity index (χ0v) is 14.0. The summed E-state index contributed by atoms with van der Waals surface area (Å²) in [6, 6.07) is 9.10. The molecule has 21 heavy (non-hydrogen) atoms. The van der Waals surface area contributed by atoms with Gasteiger partial charge in [-0.15, -0.1) is 11.8 Å². The van der Waals surface area contributed by atoms with Crippen molar-refractivity contribution in [1.82, 2.24) is 4.90 Å². The van der Waals surface area contributed by atoms with E-state index in [4.69, 9.17) is 0 Å². The lowest BCUT2D eigenvalue weighted by molar-refractivity contribution is 0.226. The average Bonchev–Trinajstić information content (AvgIpc) is 3.01. The SMILES string of the molecule is CN1CCC(CNc2ccc(SC3CCCC3)cc2)CC1. The lowest BCUT2D eigenvalue weighted by atomic mass is 9.97. The molecule has 3 rings (SSSR count). The van der Waals surface area contributed by atoms with Gasteiger partial charge in [-0.2, -0.15) is 0 Å². The monoisotopic (exact) mass is 304 g/mol. The van der Waals surface area contributed by atoms with Gasteiger partial charge in [-0.1, -0.05) is 12.8 Å². The van der Waals surface area contributed by atoms with Gasteiger partial charge in [-0.3, -0.25) is 0 Å². The minimum absolute atomic E-state index is 0.841. The lowest BCUT2D eigenvalue weighted by Gasteiger charge is -2.29. The van der Waals surface area contributed by atoms with Gasteiger partial charge in [0.1, 0.15) is 0 Å². The highest BCUT2D eigenvalue weighted by Crippen LogP contribution is 2.35. The number of thioether (sulfide) groups is 1. The second-order valence-corrected chi connectivity index (χ2v) is 8.05. The van der Waals surface area contributed by atoms with Crippen molar-refractivity contribution in [3.05, 3.63) is 24.3 Å². The molecule has 0 unspecified atom stereocenters. The zero-order valence-electron chi connectivity index (χ0n) is 13.2. The number of anilines is 1. The molecule has 0 radical (unpaired) electrons. The smallest absolute Gasteiger partial charge is 0.0341 e. The molecule has 1 aromatic rings. The van der Waals surface area contributed by atoms with Crippen LogP contribution < -0.4 is 5.32 Å². The number of nitrogens with one attached hydrogen (secondary N) is 1. The van der Waals surface area contributed by atoms with Crippen LogP contribution >= 0.6 is 11.8 Å². The number of likely N-dealkylation sites (tertiary alicyclic amines) is 1. The van der Waals surface area contributed by atoms with Crippen molar-refractivity contribution in [3.8, 4) is 0 Å². The van der Waals surface area contributed by atoms with Crippen molar-refractivity contribution < 1.29 is 0 Å². The fourth-order valence-electron chi connectivity index (χ4n) is 3.38. The minimum atomic E-state index is 0.841. The van der Waals surface area contributed by atoms with Crippen LogP contribution in [0.25, 0.3) is 0 Å².